The first-order chi connectivity index (χ1) is 10.1. The molecule has 1 N–H and O–H groups in total. The molecule has 2 amide bonds. The van der Waals surface area contributed by atoms with Gasteiger partial charge in [0.25, 0.3) is 0 Å². The van der Waals surface area contributed by atoms with Crippen molar-refractivity contribution in [2.75, 3.05) is 0 Å². The summed E-state index contributed by atoms with van der Waals surface area (Å²) in [7, 11) is 0. The fourth-order valence-electron chi connectivity index (χ4n) is 2.32. The molecular weight excluding hydrogens is 352 g/mol. The van der Waals surface area contributed by atoms with Crippen molar-refractivity contribution in [1.29, 1.82) is 0 Å². The molecule has 0 aromatic heterocycles. The number of aliphatic imine (C=N–C) groups is 1. The summed E-state index contributed by atoms with van der Waals surface area (Å²) in [5.41, 5.74) is 2.71. The van der Waals surface area contributed by atoms with Crippen molar-refractivity contribution in [2.45, 2.75) is 10.9 Å². The molecule has 0 fully saturated rings. The summed E-state index contributed by atoms with van der Waals surface area (Å²) in [4.78, 5) is 15.8. The lowest BCUT2D eigenvalue weighted by Gasteiger charge is -2.20. The van der Waals surface area contributed by atoms with Gasteiger partial charge in [-0.05, 0) is 23.3 Å². The molecule has 0 saturated carbocycles. The second kappa shape index (κ2) is 6.00. The molecule has 0 radical (unpaired) electrons. The number of carbonyl (C=O) groups is 1. The van der Waals surface area contributed by atoms with Gasteiger partial charge in [-0.3, -0.25) is 0 Å². The van der Waals surface area contributed by atoms with Gasteiger partial charge in [0.1, 0.15) is 0 Å². The van der Waals surface area contributed by atoms with Crippen LogP contribution in [0.1, 0.15) is 16.0 Å². The van der Waals surface area contributed by atoms with Crippen molar-refractivity contribution in [3.05, 3.63) is 70.7 Å². The number of nitrogens with one attached hydrogen (secondary N) is 1. The first kappa shape index (κ1) is 14.3. The van der Waals surface area contributed by atoms with E-state index in [0.29, 0.717) is 5.02 Å². The third-order valence-electron chi connectivity index (χ3n) is 3.35. The Balaban J connectivity index is 1.93. The normalized spacial score (nSPS) is 19.0. The zero-order valence-corrected chi connectivity index (χ0v) is 13.3. The Bertz CT molecular complexity index is 685. The summed E-state index contributed by atoms with van der Waals surface area (Å²) >= 11 is 9.58. The molecule has 5 heteroatoms. The highest BCUT2D eigenvalue weighted by atomic mass is 79.9. The topological polar surface area (TPSA) is 41.5 Å². The summed E-state index contributed by atoms with van der Waals surface area (Å²) < 4.78 is 0. The van der Waals surface area contributed by atoms with Crippen molar-refractivity contribution in [3.8, 4) is 0 Å². The van der Waals surface area contributed by atoms with E-state index in [1.165, 1.54) is 0 Å². The number of amides is 2. The largest absolute Gasteiger partial charge is 0.341 e. The minimum Gasteiger partial charge on any atom is -0.326 e. The average Bonchev–Trinajstić information content (AvgIpc) is 2.90. The van der Waals surface area contributed by atoms with Crippen LogP contribution in [0, 0.1) is 0 Å². The van der Waals surface area contributed by atoms with E-state index in [1.54, 1.807) is 12.1 Å². The number of alkyl halides is 1. The molecule has 3 rings (SSSR count). The lowest BCUT2D eigenvalue weighted by molar-refractivity contribution is 0.250. The van der Waals surface area contributed by atoms with Crippen LogP contribution < -0.4 is 5.32 Å². The molecule has 3 nitrogen and oxygen atoms in total. The molecular formula is C16H12BrClN2O. The Kier molecular flexibility index (Phi) is 4.08. The van der Waals surface area contributed by atoms with Crippen LogP contribution in [0.2, 0.25) is 5.02 Å². The van der Waals surface area contributed by atoms with Crippen molar-refractivity contribution in [3.63, 3.8) is 0 Å². The number of halogens is 2. The summed E-state index contributed by atoms with van der Waals surface area (Å²) in [6.07, 6.45) is 0. The first-order valence-corrected chi connectivity index (χ1v) is 7.78. The highest BCUT2D eigenvalue weighted by Crippen LogP contribution is 2.31. The van der Waals surface area contributed by atoms with Crippen LogP contribution in [-0.2, 0) is 0 Å². The summed E-state index contributed by atoms with van der Waals surface area (Å²) in [6.45, 7) is 0. The predicted octanol–water partition coefficient (Wildman–Crippen LogP) is 4.36. The zero-order chi connectivity index (χ0) is 14.8. The first-order valence-electron chi connectivity index (χ1n) is 6.49. The third-order valence-corrected chi connectivity index (χ3v) is 4.66. The van der Waals surface area contributed by atoms with Crippen molar-refractivity contribution in [1.82, 2.24) is 5.32 Å². The average molecular weight is 364 g/mol. The molecule has 0 spiro atoms. The number of benzene rings is 2. The van der Waals surface area contributed by atoms with Gasteiger partial charge in [-0.25, -0.2) is 4.79 Å². The van der Waals surface area contributed by atoms with E-state index < -0.39 is 0 Å². The maximum atomic E-state index is 11.7. The number of nitrogens with zero attached hydrogens (tertiary/aromatic N) is 1. The number of rotatable bonds is 3. The monoisotopic (exact) mass is 362 g/mol. The summed E-state index contributed by atoms with van der Waals surface area (Å²) in [5, 5.41) is 3.55. The summed E-state index contributed by atoms with van der Waals surface area (Å²) in [6, 6.07) is 16.8. The molecule has 2 aromatic carbocycles. The minimum absolute atomic E-state index is 0.0421. The van der Waals surface area contributed by atoms with Gasteiger partial charge in [0.15, 0.2) is 0 Å². The van der Waals surface area contributed by atoms with E-state index in [0.717, 1.165) is 16.8 Å². The molecule has 21 heavy (non-hydrogen) atoms. The standard InChI is InChI=1S/C16H12BrClN2O/c17-13(10-4-2-1-3-5-10)15-14(19-16(21)20-15)11-6-8-12(18)9-7-11/h1-9,13,15H,(H,20,21). The van der Waals surface area contributed by atoms with E-state index in [-0.39, 0.29) is 16.9 Å². The van der Waals surface area contributed by atoms with Crippen molar-refractivity contribution >= 4 is 39.3 Å². The molecule has 0 aliphatic carbocycles. The minimum atomic E-state index is -0.315. The molecule has 106 valence electrons. The summed E-state index contributed by atoms with van der Waals surface area (Å²) in [5.74, 6) is 0. The quantitative estimate of drug-likeness (QED) is 0.809. The maximum absolute atomic E-state index is 11.7. The molecule has 2 aromatic rings. The molecule has 1 heterocycles. The van der Waals surface area contributed by atoms with Crippen molar-refractivity contribution < 1.29 is 4.79 Å². The van der Waals surface area contributed by atoms with Crippen LogP contribution in [0.15, 0.2) is 59.6 Å². The Hall–Kier alpha value is -1.65. The zero-order valence-electron chi connectivity index (χ0n) is 11.0. The fraction of sp³-hybridized carbons (Fsp3) is 0.125. The van der Waals surface area contributed by atoms with Gasteiger partial charge in [0.05, 0.1) is 16.6 Å². The van der Waals surface area contributed by atoms with Gasteiger partial charge in [-0.15, -0.1) is 0 Å². The fourth-order valence-corrected chi connectivity index (χ4v) is 3.13. The van der Waals surface area contributed by atoms with Gasteiger partial charge in [-0.1, -0.05) is 70.0 Å². The molecule has 1 aliphatic rings. The van der Waals surface area contributed by atoms with Crippen LogP contribution in [0.3, 0.4) is 0 Å². The highest BCUT2D eigenvalue weighted by Gasteiger charge is 2.33. The second-order valence-electron chi connectivity index (χ2n) is 4.74. The van der Waals surface area contributed by atoms with Crippen LogP contribution in [0.25, 0.3) is 0 Å². The molecule has 1 aliphatic heterocycles. The van der Waals surface area contributed by atoms with Crippen LogP contribution >= 0.6 is 27.5 Å². The lowest BCUT2D eigenvalue weighted by Crippen LogP contribution is -2.36. The number of urea groups is 1. The Labute approximate surface area is 136 Å². The molecule has 2 atom stereocenters. The van der Waals surface area contributed by atoms with Gasteiger partial charge in [-0.2, -0.15) is 4.99 Å². The van der Waals surface area contributed by atoms with Crippen LogP contribution in [-0.4, -0.2) is 17.8 Å². The van der Waals surface area contributed by atoms with Gasteiger partial charge >= 0.3 is 6.03 Å². The highest BCUT2D eigenvalue weighted by molar-refractivity contribution is 9.09. The van der Waals surface area contributed by atoms with E-state index in [9.17, 15) is 4.79 Å². The van der Waals surface area contributed by atoms with E-state index in [1.807, 2.05) is 42.5 Å². The maximum Gasteiger partial charge on any atom is 0.341 e. The SMILES string of the molecule is O=C1N=C(c2ccc(Cl)cc2)C(C(Br)c2ccccc2)N1. The number of hydrogen-bond acceptors (Lipinski definition) is 1. The Morgan fingerprint density at radius 1 is 1.10 bits per heavy atom. The third kappa shape index (κ3) is 3.01. The Morgan fingerprint density at radius 3 is 2.43 bits per heavy atom. The lowest BCUT2D eigenvalue weighted by atomic mass is 9.97. The van der Waals surface area contributed by atoms with E-state index in [4.69, 9.17) is 11.6 Å². The van der Waals surface area contributed by atoms with E-state index in [2.05, 4.69) is 26.2 Å². The predicted molar refractivity (Wildman–Crippen MR) is 88.4 cm³/mol. The molecule has 0 bridgehead atoms. The smallest absolute Gasteiger partial charge is 0.326 e. The van der Waals surface area contributed by atoms with Crippen LogP contribution in [0.4, 0.5) is 4.79 Å². The Morgan fingerprint density at radius 2 is 1.76 bits per heavy atom. The van der Waals surface area contributed by atoms with Gasteiger partial charge in [0, 0.05) is 5.02 Å². The van der Waals surface area contributed by atoms with Gasteiger partial charge < -0.3 is 5.32 Å². The number of hydrogen-bond donors (Lipinski definition) is 1. The number of carbonyl (C=O) groups excluding carboxylic acids is 1. The van der Waals surface area contributed by atoms with Gasteiger partial charge in [0.2, 0.25) is 0 Å². The van der Waals surface area contributed by atoms with E-state index >= 15 is 0 Å². The molecule has 0 saturated heterocycles. The van der Waals surface area contributed by atoms with Crippen LogP contribution in [0.5, 0.6) is 0 Å². The van der Waals surface area contributed by atoms with Crippen molar-refractivity contribution in [2.24, 2.45) is 4.99 Å². The molecule has 2 unspecified atom stereocenters. The second-order valence-corrected chi connectivity index (χ2v) is 6.17.